The van der Waals surface area contributed by atoms with Gasteiger partial charge in [-0.25, -0.2) is 0 Å². The largest absolute Gasteiger partial charge is 0.375 e. The van der Waals surface area contributed by atoms with Crippen LogP contribution in [0.3, 0.4) is 0 Å². The Morgan fingerprint density at radius 1 is 1.29 bits per heavy atom. The molecule has 0 fully saturated rings. The minimum absolute atomic E-state index is 0.0619. The molecular formula is C16H22N4O. The zero-order chi connectivity index (χ0) is 15.2. The Morgan fingerprint density at radius 3 is 2.62 bits per heavy atom. The lowest BCUT2D eigenvalue weighted by molar-refractivity contribution is -0.121. The molecule has 0 saturated carbocycles. The Labute approximate surface area is 125 Å². The van der Waals surface area contributed by atoms with Crippen LogP contribution in [0.4, 0.5) is 5.69 Å². The van der Waals surface area contributed by atoms with Gasteiger partial charge in [-0.05, 0) is 11.5 Å². The van der Waals surface area contributed by atoms with E-state index in [9.17, 15) is 4.79 Å². The lowest BCUT2D eigenvalue weighted by Gasteiger charge is -2.23. The minimum Gasteiger partial charge on any atom is -0.375 e. The molecular weight excluding hydrogens is 264 g/mol. The fourth-order valence-electron chi connectivity index (χ4n) is 2.23. The van der Waals surface area contributed by atoms with E-state index in [1.54, 1.807) is 17.9 Å². The summed E-state index contributed by atoms with van der Waals surface area (Å²) < 4.78 is 1.63. The number of rotatable bonds is 6. The fraction of sp³-hybridized carbons (Fsp3) is 0.375. The number of aromatic nitrogens is 2. The molecule has 0 spiro atoms. The van der Waals surface area contributed by atoms with Crippen molar-refractivity contribution in [3.8, 4) is 0 Å². The highest BCUT2D eigenvalue weighted by molar-refractivity contribution is 5.75. The summed E-state index contributed by atoms with van der Waals surface area (Å²) in [5, 5.41) is 10.3. The van der Waals surface area contributed by atoms with Crippen LogP contribution in [0.1, 0.15) is 25.5 Å². The third kappa shape index (κ3) is 4.08. The molecule has 0 aliphatic heterocycles. The minimum atomic E-state index is -0.0619. The van der Waals surface area contributed by atoms with Gasteiger partial charge in [0.2, 0.25) is 5.91 Å². The van der Waals surface area contributed by atoms with Gasteiger partial charge in [0.05, 0.1) is 17.9 Å². The van der Waals surface area contributed by atoms with Crippen molar-refractivity contribution in [1.29, 1.82) is 0 Å². The van der Waals surface area contributed by atoms with E-state index in [0.717, 1.165) is 5.69 Å². The van der Waals surface area contributed by atoms with Crippen molar-refractivity contribution in [2.45, 2.75) is 26.4 Å². The van der Waals surface area contributed by atoms with Gasteiger partial charge in [0.1, 0.15) is 6.54 Å². The molecule has 0 saturated heterocycles. The molecule has 1 aromatic carbocycles. The predicted octanol–water partition coefficient (Wildman–Crippen LogP) is 2.44. The number of hydrogen-bond acceptors (Lipinski definition) is 3. The molecule has 0 aliphatic carbocycles. The molecule has 1 unspecified atom stereocenters. The summed E-state index contributed by atoms with van der Waals surface area (Å²) in [6.45, 7) is 4.59. The quantitative estimate of drug-likeness (QED) is 0.857. The summed E-state index contributed by atoms with van der Waals surface area (Å²) in [5.74, 6) is 0.378. The Morgan fingerprint density at radius 2 is 2.00 bits per heavy atom. The monoisotopic (exact) mass is 286 g/mol. The summed E-state index contributed by atoms with van der Waals surface area (Å²) in [5.41, 5.74) is 2.16. The number of anilines is 1. The maximum absolute atomic E-state index is 11.4. The predicted molar refractivity (Wildman–Crippen MR) is 83.9 cm³/mol. The van der Waals surface area contributed by atoms with Crippen molar-refractivity contribution in [2.75, 3.05) is 12.4 Å². The fourth-order valence-corrected chi connectivity index (χ4v) is 2.23. The van der Waals surface area contributed by atoms with E-state index in [0.29, 0.717) is 5.92 Å². The standard InChI is InChI=1S/C16H22N4O/c1-12(2)16(13-7-5-4-6-8-13)19-14-9-18-20(10-14)11-15(21)17-3/h4-10,12,16,19H,11H2,1-3H3,(H,17,21). The van der Waals surface area contributed by atoms with Gasteiger partial charge < -0.3 is 10.6 Å². The summed E-state index contributed by atoms with van der Waals surface area (Å²) in [4.78, 5) is 11.4. The number of nitrogens with one attached hydrogen (secondary N) is 2. The van der Waals surface area contributed by atoms with E-state index >= 15 is 0 Å². The molecule has 2 rings (SSSR count). The van der Waals surface area contributed by atoms with Crippen LogP contribution in [0.25, 0.3) is 0 Å². The summed E-state index contributed by atoms with van der Waals surface area (Å²) in [6, 6.07) is 10.5. The number of nitrogens with zero attached hydrogens (tertiary/aromatic N) is 2. The van der Waals surface area contributed by atoms with E-state index in [2.05, 4.69) is 41.7 Å². The third-order valence-electron chi connectivity index (χ3n) is 3.37. The Balaban J connectivity index is 2.09. The van der Waals surface area contributed by atoms with Gasteiger partial charge in [-0.2, -0.15) is 5.10 Å². The summed E-state index contributed by atoms with van der Waals surface area (Å²) >= 11 is 0. The first-order chi connectivity index (χ1) is 10.1. The van der Waals surface area contributed by atoms with Crippen LogP contribution in [0, 0.1) is 5.92 Å². The molecule has 1 aromatic heterocycles. The Bertz CT molecular complexity index is 577. The highest BCUT2D eigenvalue weighted by Gasteiger charge is 2.16. The van der Waals surface area contributed by atoms with Gasteiger partial charge in [-0.3, -0.25) is 9.48 Å². The molecule has 0 radical (unpaired) electrons. The first-order valence-corrected chi connectivity index (χ1v) is 7.14. The van der Waals surface area contributed by atoms with Gasteiger partial charge in [-0.1, -0.05) is 44.2 Å². The highest BCUT2D eigenvalue weighted by atomic mass is 16.1. The first kappa shape index (κ1) is 15.1. The Kier molecular flexibility index (Phi) is 4.98. The summed E-state index contributed by atoms with van der Waals surface area (Å²) in [7, 11) is 1.62. The molecule has 1 amide bonds. The third-order valence-corrected chi connectivity index (χ3v) is 3.37. The highest BCUT2D eigenvalue weighted by Crippen LogP contribution is 2.26. The molecule has 1 atom stereocenters. The van der Waals surface area contributed by atoms with Crippen molar-refractivity contribution in [3.63, 3.8) is 0 Å². The van der Waals surface area contributed by atoms with Gasteiger partial charge >= 0.3 is 0 Å². The Hall–Kier alpha value is -2.30. The van der Waals surface area contributed by atoms with Crippen molar-refractivity contribution in [1.82, 2.24) is 15.1 Å². The number of amides is 1. The van der Waals surface area contributed by atoms with Crippen molar-refractivity contribution >= 4 is 11.6 Å². The average molecular weight is 286 g/mol. The molecule has 21 heavy (non-hydrogen) atoms. The van der Waals surface area contributed by atoms with E-state index in [1.165, 1.54) is 5.56 Å². The van der Waals surface area contributed by atoms with Crippen LogP contribution in [0.2, 0.25) is 0 Å². The molecule has 0 aliphatic rings. The molecule has 0 bridgehead atoms. The molecule has 2 N–H and O–H groups in total. The smallest absolute Gasteiger partial charge is 0.241 e. The maximum Gasteiger partial charge on any atom is 0.241 e. The van der Waals surface area contributed by atoms with Gasteiger partial charge in [0.25, 0.3) is 0 Å². The normalized spacial score (nSPS) is 12.2. The zero-order valence-corrected chi connectivity index (χ0v) is 12.7. The number of benzene rings is 1. The van der Waals surface area contributed by atoms with E-state index in [-0.39, 0.29) is 18.5 Å². The molecule has 5 heteroatoms. The van der Waals surface area contributed by atoms with Crippen LogP contribution >= 0.6 is 0 Å². The maximum atomic E-state index is 11.4. The molecule has 5 nitrogen and oxygen atoms in total. The van der Waals surface area contributed by atoms with Crippen LogP contribution in [0.5, 0.6) is 0 Å². The second-order valence-electron chi connectivity index (χ2n) is 5.38. The van der Waals surface area contributed by atoms with Gasteiger partial charge in [0, 0.05) is 13.2 Å². The topological polar surface area (TPSA) is 59.0 Å². The van der Waals surface area contributed by atoms with Crippen molar-refractivity contribution < 1.29 is 4.79 Å². The van der Waals surface area contributed by atoms with Gasteiger partial charge in [0.15, 0.2) is 0 Å². The number of hydrogen-bond donors (Lipinski definition) is 2. The lowest BCUT2D eigenvalue weighted by Crippen LogP contribution is -2.23. The molecule has 2 aromatic rings. The van der Waals surface area contributed by atoms with E-state index in [1.807, 2.05) is 24.4 Å². The summed E-state index contributed by atoms with van der Waals surface area (Å²) in [6.07, 6.45) is 3.61. The lowest BCUT2D eigenvalue weighted by atomic mass is 9.96. The number of carbonyl (C=O) groups excluding carboxylic acids is 1. The van der Waals surface area contributed by atoms with Crippen LogP contribution in [-0.2, 0) is 11.3 Å². The SMILES string of the molecule is CNC(=O)Cn1cc(NC(c2ccccc2)C(C)C)cn1. The zero-order valence-electron chi connectivity index (χ0n) is 12.7. The molecule has 1 heterocycles. The van der Waals surface area contributed by atoms with E-state index in [4.69, 9.17) is 0 Å². The van der Waals surface area contributed by atoms with Crippen LogP contribution in [0.15, 0.2) is 42.7 Å². The molecule has 112 valence electrons. The number of carbonyl (C=O) groups is 1. The van der Waals surface area contributed by atoms with Crippen LogP contribution in [-0.4, -0.2) is 22.7 Å². The van der Waals surface area contributed by atoms with Crippen molar-refractivity contribution in [3.05, 3.63) is 48.3 Å². The van der Waals surface area contributed by atoms with Gasteiger partial charge in [-0.15, -0.1) is 0 Å². The van der Waals surface area contributed by atoms with E-state index < -0.39 is 0 Å². The average Bonchev–Trinajstić information content (AvgIpc) is 2.92. The second kappa shape index (κ2) is 6.92. The second-order valence-corrected chi connectivity index (χ2v) is 5.38. The number of likely N-dealkylation sites (N-methyl/N-ethyl adjacent to an activating group) is 1. The van der Waals surface area contributed by atoms with Crippen LogP contribution < -0.4 is 10.6 Å². The first-order valence-electron chi connectivity index (χ1n) is 7.14. The van der Waals surface area contributed by atoms with Crippen molar-refractivity contribution in [2.24, 2.45) is 5.92 Å².